The molecule has 2 N–H and O–H groups in total. The number of ether oxygens (including phenoxy) is 1. The van der Waals surface area contributed by atoms with Crippen molar-refractivity contribution in [3.8, 4) is 5.75 Å². The maximum Gasteiger partial charge on any atom is 0.573 e. The summed E-state index contributed by atoms with van der Waals surface area (Å²) in [5.74, 6) is 1.09. The number of alkyl halides is 3. The summed E-state index contributed by atoms with van der Waals surface area (Å²) in [6.45, 7) is 2.79. The number of rotatable bonds is 3. The van der Waals surface area contributed by atoms with Crippen LogP contribution < -0.4 is 10.5 Å². The van der Waals surface area contributed by atoms with Crippen LogP contribution in [0, 0.1) is 11.8 Å². The van der Waals surface area contributed by atoms with Crippen LogP contribution in [0.5, 0.6) is 5.75 Å². The van der Waals surface area contributed by atoms with Crippen molar-refractivity contribution in [1.82, 2.24) is 4.90 Å². The summed E-state index contributed by atoms with van der Waals surface area (Å²) in [7, 11) is 0. The average Bonchev–Trinajstić information content (AvgIpc) is 2.93. The number of nitrogens with zero attached hydrogens (tertiary/aromatic N) is 1. The summed E-state index contributed by atoms with van der Waals surface area (Å²) in [5, 5.41) is 0. The van der Waals surface area contributed by atoms with Crippen molar-refractivity contribution >= 4 is 12.4 Å². The lowest BCUT2D eigenvalue weighted by Gasteiger charge is -2.18. The molecule has 1 aliphatic carbocycles. The Bertz CT molecular complexity index is 495. The largest absolute Gasteiger partial charge is 0.573 e. The lowest BCUT2D eigenvalue weighted by molar-refractivity contribution is -0.274. The lowest BCUT2D eigenvalue weighted by Crippen LogP contribution is -2.30. The van der Waals surface area contributed by atoms with Gasteiger partial charge in [0.25, 0.3) is 0 Å². The van der Waals surface area contributed by atoms with Crippen molar-refractivity contribution < 1.29 is 17.9 Å². The third kappa shape index (κ3) is 4.06. The first-order valence-corrected chi connectivity index (χ1v) is 7.23. The summed E-state index contributed by atoms with van der Waals surface area (Å²) in [6, 6.07) is 6.42. The van der Waals surface area contributed by atoms with Crippen LogP contribution >= 0.6 is 12.4 Å². The van der Waals surface area contributed by atoms with E-state index in [0.717, 1.165) is 31.6 Å². The van der Waals surface area contributed by atoms with Crippen LogP contribution in [-0.4, -0.2) is 30.4 Å². The molecule has 0 bridgehead atoms. The van der Waals surface area contributed by atoms with Crippen LogP contribution in [0.3, 0.4) is 0 Å². The molecule has 1 aromatic rings. The smallest absolute Gasteiger partial charge is 0.406 e. The van der Waals surface area contributed by atoms with E-state index in [1.165, 1.54) is 18.6 Å². The third-order valence-corrected chi connectivity index (χ3v) is 4.55. The molecule has 1 saturated heterocycles. The van der Waals surface area contributed by atoms with Crippen LogP contribution in [0.25, 0.3) is 0 Å². The van der Waals surface area contributed by atoms with Crippen molar-refractivity contribution in [3.63, 3.8) is 0 Å². The van der Waals surface area contributed by atoms with E-state index in [1.54, 1.807) is 12.1 Å². The molecule has 0 radical (unpaired) electrons. The quantitative estimate of drug-likeness (QED) is 0.921. The molecule has 3 atom stereocenters. The summed E-state index contributed by atoms with van der Waals surface area (Å²) < 4.78 is 40.2. The van der Waals surface area contributed by atoms with E-state index in [1.807, 2.05) is 0 Å². The fourth-order valence-electron chi connectivity index (χ4n) is 3.58. The lowest BCUT2D eigenvalue weighted by atomic mass is 9.98. The first-order chi connectivity index (χ1) is 9.90. The van der Waals surface area contributed by atoms with Gasteiger partial charge in [0.2, 0.25) is 0 Å². The van der Waals surface area contributed by atoms with Crippen LogP contribution in [-0.2, 0) is 6.54 Å². The van der Waals surface area contributed by atoms with Crippen molar-refractivity contribution in [2.24, 2.45) is 17.6 Å². The number of halogens is 4. The van der Waals surface area contributed by atoms with Crippen molar-refractivity contribution in [2.45, 2.75) is 31.8 Å². The molecule has 1 saturated carbocycles. The van der Waals surface area contributed by atoms with E-state index >= 15 is 0 Å². The Labute approximate surface area is 134 Å². The van der Waals surface area contributed by atoms with Gasteiger partial charge >= 0.3 is 6.36 Å². The molecule has 2 fully saturated rings. The Morgan fingerprint density at radius 1 is 1.14 bits per heavy atom. The molecule has 7 heteroatoms. The predicted octanol–water partition coefficient (Wildman–Crippen LogP) is 3.18. The van der Waals surface area contributed by atoms with Gasteiger partial charge in [0.15, 0.2) is 0 Å². The second-order valence-electron chi connectivity index (χ2n) is 6.05. The number of benzene rings is 1. The Balaban J connectivity index is 0.00000176. The van der Waals surface area contributed by atoms with Crippen LogP contribution in [0.2, 0.25) is 0 Å². The minimum atomic E-state index is -4.63. The van der Waals surface area contributed by atoms with E-state index in [4.69, 9.17) is 5.73 Å². The minimum absolute atomic E-state index is 0. The fraction of sp³-hybridized carbons (Fsp3) is 0.600. The van der Waals surface area contributed by atoms with Gasteiger partial charge in [0.05, 0.1) is 0 Å². The third-order valence-electron chi connectivity index (χ3n) is 4.55. The van der Waals surface area contributed by atoms with Crippen LogP contribution in [0.15, 0.2) is 24.3 Å². The zero-order chi connectivity index (χ0) is 15.0. The monoisotopic (exact) mass is 336 g/mol. The van der Waals surface area contributed by atoms with E-state index in [-0.39, 0.29) is 18.2 Å². The molecule has 124 valence electrons. The standard InChI is InChI=1S/C15H19F3N2O.ClH/c16-15(17,18)21-12-4-1-10(2-5-12)7-20-8-11-3-6-14(19)13(11)9-20;/h1-2,4-5,11,13-14H,3,6-9,19H2;1H. The number of fused-ring (bicyclic) bond motifs is 1. The highest BCUT2D eigenvalue weighted by Gasteiger charge is 2.40. The predicted molar refractivity (Wildman–Crippen MR) is 79.8 cm³/mol. The summed E-state index contributed by atoms with van der Waals surface area (Å²) in [6.07, 6.45) is -2.32. The Hall–Kier alpha value is -0.980. The fourth-order valence-corrected chi connectivity index (χ4v) is 3.58. The van der Waals surface area contributed by atoms with Crippen LogP contribution in [0.1, 0.15) is 18.4 Å². The van der Waals surface area contributed by atoms with E-state index in [9.17, 15) is 13.2 Å². The Morgan fingerprint density at radius 2 is 1.82 bits per heavy atom. The first-order valence-electron chi connectivity index (χ1n) is 7.23. The SMILES string of the molecule is Cl.NC1CCC2CN(Cc3ccc(OC(F)(F)F)cc3)CC12. The van der Waals surface area contributed by atoms with Gasteiger partial charge in [-0.05, 0) is 42.4 Å². The highest BCUT2D eigenvalue weighted by molar-refractivity contribution is 5.85. The number of likely N-dealkylation sites (tertiary alicyclic amines) is 1. The molecule has 3 rings (SSSR count). The molecule has 0 amide bonds. The van der Waals surface area contributed by atoms with Crippen molar-refractivity contribution in [1.29, 1.82) is 0 Å². The van der Waals surface area contributed by atoms with Gasteiger partial charge in [-0.15, -0.1) is 25.6 Å². The Kier molecular flexibility index (Phi) is 5.25. The van der Waals surface area contributed by atoms with Gasteiger partial charge < -0.3 is 10.5 Å². The maximum atomic E-state index is 12.1. The molecule has 3 nitrogen and oxygen atoms in total. The molecule has 1 aromatic carbocycles. The number of nitrogens with two attached hydrogens (primary N) is 1. The molecule has 0 aromatic heterocycles. The highest BCUT2D eigenvalue weighted by Crippen LogP contribution is 2.37. The molecular weight excluding hydrogens is 317 g/mol. The van der Waals surface area contributed by atoms with Gasteiger partial charge in [-0.3, -0.25) is 4.90 Å². The molecule has 22 heavy (non-hydrogen) atoms. The van der Waals surface area contributed by atoms with Gasteiger partial charge in [-0.2, -0.15) is 0 Å². The number of hydrogen-bond donors (Lipinski definition) is 1. The van der Waals surface area contributed by atoms with Gasteiger partial charge in [-0.1, -0.05) is 12.1 Å². The Morgan fingerprint density at radius 3 is 2.41 bits per heavy atom. The minimum Gasteiger partial charge on any atom is -0.406 e. The van der Waals surface area contributed by atoms with E-state index in [2.05, 4.69) is 9.64 Å². The highest BCUT2D eigenvalue weighted by atomic mass is 35.5. The molecule has 3 unspecified atom stereocenters. The topological polar surface area (TPSA) is 38.5 Å². The molecular formula is C15H20ClF3N2O. The van der Waals surface area contributed by atoms with E-state index < -0.39 is 6.36 Å². The number of hydrogen-bond acceptors (Lipinski definition) is 3. The van der Waals surface area contributed by atoms with Gasteiger partial charge in [0, 0.05) is 25.7 Å². The maximum absolute atomic E-state index is 12.1. The first kappa shape index (κ1) is 17.4. The zero-order valence-corrected chi connectivity index (χ0v) is 12.9. The second-order valence-corrected chi connectivity index (χ2v) is 6.05. The molecule has 2 aliphatic rings. The molecule has 0 spiro atoms. The zero-order valence-electron chi connectivity index (χ0n) is 12.1. The normalized spacial score (nSPS) is 28.3. The summed E-state index contributed by atoms with van der Waals surface area (Å²) in [4.78, 5) is 2.34. The summed E-state index contributed by atoms with van der Waals surface area (Å²) >= 11 is 0. The molecule has 1 aliphatic heterocycles. The molecule has 1 heterocycles. The van der Waals surface area contributed by atoms with Crippen molar-refractivity contribution in [3.05, 3.63) is 29.8 Å². The summed E-state index contributed by atoms with van der Waals surface area (Å²) in [5.41, 5.74) is 7.10. The van der Waals surface area contributed by atoms with Gasteiger partial charge in [-0.25, -0.2) is 0 Å². The average molecular weight is 337 g/mol. The van der Waals surface area contributed by atoms with E-state index in [0.29, 0.717) is 17.9 Å². The van der Waals surface area contributed by atoms with Crippen LogP contribution in [0.4, 0.5) is 13.2 Å². The second kappa shape index (κ2) is 6.64. The van der Waals surface area contributed by atoms with Gasteiger partial charge in [0.1, 0.15) is 5.75 Å². The van der Waals surface area contributed by atoms with Crippen molar-refractivity contribution in [2.75, 3.05) is 13.1 Å².